The number of rotatable bonds is 8. The molecule has 7 nitrogen and oxygen atoms in total. The monoisotopic (exact) mass is 415 g/mol. The highest BCUT2D eigenvalue weighted by Gasteiger charge is 2.71. The second-order valence-electron chi connectivity index (χ2n) is 8.51. The number of benzene rings is 1. The zero-order chi connectivity index (χ0) is 20.9. The zero-order valence-electron chi connectivity index (χ0n) is 17.3. The Labute approximate surface area is 176 Å². The minimum Gasteiger partial charge on any atom is -0.482 e. The van der Waals surface area contributed by atoms with E-state index >= 15 is 0 Å². The van der Waals surface area contributed by atoms with Crippen LogP contribution >= 0.6 is 0 Å². The number of nitrogens with zero attached hydrogens (tertiary/aromatic N) is 1. The van der Waals surface area contributed by atoms with Crippen molar-refractivity contribution in [2.45, 2.75) is 42.5 Å². The largest absolute Gasteiger partial charge is 0.482 e. The molecule has 1 aromatic carbocycles. The van der Waals surface area contributed by atoms with Gasteiger partial charge in [-0.2, -0.15) is 0 Å². The maximum Gasteiger partial charge on any atom is 0.189 e. The quantitative estimate of drug-likeness (QED) is 0.381. The summed E-state index contributed by atoms with van der Waals surface area (Å²) in [6, 6.07) is 3.89. The van der Waals surface area contributed by atoms with Gasteiger partial charge in [0.1, 0.15) is 11.7 Å². The van der Waals surface area contributed by atoms with Crippen LogP contribution < -0.4 is 9.47 Å². The zero-order valence-corrected chi connectivity index (χ0v) is 17.3. The van der Waals surface area contributed by atoms with Crippen LogP contribution in [0.4, 0.5) is 0 Å². The van der Waals surface area contributed by atoms with Crippen molar-refractivity contribution in [2.24, 2.45) is 0 Å². The van der Waals surface area contributed by atoms with Gasteiger partial charge in [-0.05, 0) is 37.0 Å². The molecule has 1 aromatic rings. The van der Waals surface area contributed by atoms with Crippen molar-refractivity contribution >= 4 is 6.08 Å². The number of piperidine rings is 1. The Hall–Kier alpha value is -2.06. The summed E-state index contributed by atoms with van der Waals surface area (Å²) in [6.45, 7) is 6.35. The highest BCUT2D eigenvalue weighted by atomic mass is 16.7. The molecule has 0 aromatic heterocycles. The number of aliphatic hydroxyl groups excluding tert-OH is 1. The van der Waals surface area contributed by atoms with E-state index in [1.165, 1.54) is 0 Å². The van der Waals surface area contributed by atoms with Gasteiger partial charge in [0.05, 0.1) is 24.7 Å². The van der Waals surface area contributed by atoms with Crippen LogP contribution in [0, 0.1) is 0 Å². The third kappa shape index (κ3) is 2.52. The van der Waals surface area contributed by atoms with Crippen LogP contribution in [-0.4, -0.2) is 73.1 Å². The van der Waals surface area contributed by atoms with Crippen LogP contribution in [0.3, 0.4) is 0 Å². The van der Waals surface area contributed by atoms with E-state index in [4.69, 9.17) is 18.9 Å². The standard InChI is InChI=1S/C23H29NO6/c1-3-9-24-10-8-22-19-15-4-5-17(29-14-28-12-11-27-2)20(19)30-21(22)16(25)6-7-23(22,26)18(24)13-15/h3-5,13,16,21,25-26H,1,6-12,14H2,2H3/t16?,21?,22-,23+/m0/s1. The second kappa shape index (κ2) is 7.27. The molecule has 30 heavy (non-hydrogen) atoms. The fourth-order valence-electron chi connectivity index (χ4n) is 5.87. The first kappa shape index (κ1) is 19.9. The number of ether oxygens (including phenoxy) is 4. The summed E-state index contributed by atoms with van der Waals surface area (Å²) in [5, 5.41) is 22.9. The Kier molecular flexibility index (Phi) is 4.82. The summed E-state index contributed by atoms with van der Waals surface area (Å²) in [5.41, 5.74) is 1.14. The number of hydrogen-bond acceptors (Lipinski definition) is 7. The van der Waals surface area contributed by atoms with Crippen molar-refractivity contribution in [3.63, 3.8) is 0 Å². The lowest BCUT2D eigenvalue weighted by molar-refractivity contribution is -0.153. The van der Waals surface area contributed by atoms with Gasteiger partial charge >= 0.3 is 0 Å². The summed E-state index contributed by atoms with van der Waals surface area (Å²) in [5.74, 6) is 1.20. The van der Waals surface area contributed by atoms with Crippen LogP contribution in [0.2, 0.25) is 0 Å². The predicted molar refractivity (Wildman–Crippen MR) is 110 cm³/mol. The average molecular weight is 415 g/mol. The van der Waals surface area contributed by atoms with Crippen molar-refractivity contribution in [3.05, 3.63) is 41.6 Å². The third-order valence-electron chi connectivity index (χ3n) is 7.13. The summed E-state index contributed by atoms with van der Waals surface area (Å²) in [6.07, 6.45) is 4.48. The molecule has 2 bridgehead atoms. The first-order valence-corrected chi connectivity index (χ1v) is 10.6. The minimum atomic E-state index is -1.08. The third-order valence-corrected chi connectivity index (χ3v) is 7.13. The van der Waals surface area contributed by atoms with Crippen molar-refractivity contribution < 1.29 is 29.2 Å². The Morgan fingerprint density at radius 2 is 2.20 bits per heavy atom. The molecule has 0 radical (unpaired) electrons. The van der Waals surface area contributed by atoms with E-state index in [0.29, 0.717) is 50.5 Å². The number of hydrogen-bond donors (Lipinski definition) is 2. The van der Waals surface area contributed by atoms with Gasteiger partial charge in [0.25, 0.3) is 0 Å². The van der Waals surface area contributed by atoms with E-state index in [2.05, 4.69) is 17.6 Å². The number of aliphatic hydroxyl groups is 2. The molecule has 1 saturated heterocycles. The van der Waals surface area contributed by atoms with Crippen molar-refractivity contribution in [3.8, 4) is 11.5 Å². The highest BCUT2D eigenvalue weighted by Crippen LogP contribution is 2.66. The molecule has 1 spiro atoms. The molecule has 0 amide bonds. The van der Waals surface area contributed by atoms with Crippen molar-refractivity contribution in [1.82, 2.24) is 4.90 Å². The van der Waals surface area contributed by atoms with Gasteiger partial charge in [-0.15, -0.1) is 6.58 Å². The van der Waals surface area contributed by atoms with Gasteiger partial charge in [0.2, 0.25) is 0 Å². The normalized spacial score (nSPS) is 32.9. The van der Waals surface area contributed by atoms with E-state index in [9.17, 15) is 10.2 Å². The second-order valence-corrected chi connectivity index (χ2v) is 8.51. The van der Waals surface area contributed by atoms with Crippen LogP contribution in [0.15, 0.2) is 30.5 Å². The van der Waals surface area contributed by atoms with Crippen LogP contribution in [-0.2, 0) is 14.9 Å². The van der Waals surface area contributed by atoms with Gasteiger partial charge in [0.15, 0.2) is 18.3 Å². The first-order chi connectivity index (χ1) is 14.6. The van der Waals surface area contributed by atoms with Crippen molar-refractivity contribution in [2.75, 3.05) is 40.2 Å². The maximum absolute atomic E-state index is 12.1. The van der Waals surface area contributed by atoms with E-state index < -0.39 is 23.2 Å². The number of methoxy groups -OCH3 is 1. The summed E-state index contributed by atoms with van der Waals surface area (Å²) < 4.78 is 22.7. The van der Waals surface area contributed by atoms with Gasteiger partial charge in [0, 0.05) is 31.5 Å². The van der Waals surface area contributed by atoms with Crippen molar-refractivity contribution in [1.29, 1.82) is 0 Å². The molecule has 5 rings (SSSR count). The fraction of sp³-hybridized carbons (Fsp3) is 0.565. The van der Waals surface area contributed by atoms with Gasteiger partial charge < -0.3 is 34.1 Å². The Balaban J connectivity index is 1.58. The molecule has 2 aliphatic carbocycles. The van der Waals surface area contributed by atoms with Crippen LogP contribution in [0.5, 0.6) is 11.5 Å². The molecule has 162 valence electrons. The molecule has 7 heteroatoms. The molecule has 2 unspecified atom stereocenters. The Morgan fingerprint density at radius 1 is 1.33 bits per heavy atom. The lowest BCUT2D eigenvalue weighted by atomic mass is 9.51. The minimum absolute atomic E-state index is 0.0806. The lowest BCUT2D eigenvalue weighted by Crippen LogP contribution is -2.70. The molecular weight excluding hydrogens is 386 g/mol. The van der Waals surface area contributed by atoms with Gasteiger partial charge in [-0.25, -0.2) is 0 Å². The summed E-state index contributed by atoms with van der Waals surface area (Å²) in [4.78, 5) is 2.20. The Bertz CT molecular complexity index is 885. The molecule has 4 aliphatic rings. The molecular formula is C23H29NO6. The first-order valence-electron chi connectivity index (χ1n) is 10.6. The van der Waals surface area contributed by atoms with Gasteiger partial charge in [-0.1, -0.05) is 12.1 Å². The van der Waals surface area contributed by atoms with E-state index in [1.54, 1.807) is 7.11 Å². The molecule has 2 heterocycles. The topological polar surface area (TPSA) is 80.6 Å². The SMILES string of the molecule is C=CCN1CC[C@]23c4c5ccc(OCOCCOC)c4OC2C(O)CC[C@@]3(O)C1=C5. The van der Waals surface area contributed by atoms with Gasteiger partial charge in [-0.3, -0.25) is 0 Å². The molecule has 1 saturated carbocycles. The van der Waals surface area contributed by atoms with Crippen LogP contribution in [0.25, 0.3) is 6.08 Å². The maximum atomic E-state index is 12.1. The molecule has 2 aliphatic heterocycles. The van der Waals surface area contributed by atoms with E-state index in [1.807, 2.05) is 18.2 Å². The molecule has 4 atom stereocenters. The summed E-state index contributed by atoms with van der Waals surface area (Å²) in [7, 11) is 1.62. The fourth-order valence-corrected chi connectivity index (χ4v) is 5.87. The average Bonchev–Trinajstić information content (AvgIpc) is 3.09. The molecule has 2 fully saturated rings. The summed E-state index contributed by atoms with van der Waals surface area (Å²) >= 11 is 0. The Morgan fingerprint density at radius 3 is 3.00 bits per heavy atom. The smallest absolute Gasteiger partial charge is 0.189 e. The van der Waals surface area contributed by atoms with E-state index in [-0.39, 0.29) is 6.79 Å². The van der Waals surface area contributed by atoms with E-state index in [0.717, 1.165) is 23.4 Å². The highest BCUT2D eigenvalue weighted by molar-refractivity contribution is 5.75. The lowest BCUT2D eigenvalue weighted by Gasteiger charge is -2.60. The number of likely N-dealkylation sites (tertiary alicyclic amines) is 1. The van der Waals surface area contributed by atoms with Crippen LogP contribution in [0.1, 0.15) is 30.4 Å². The molecule has 2 N–H and O–H groups in total. The predicted octanol–water partition coefficient (Wildman–Crippen LogP) is 1.82.